The molecule has 0 saturated carbocycles. The third-order valence-electron chi connectivity index (χ3n) is 5.21. The number of anilines is 1. The number of carboxylic acid groups (broad SMARTS) is 1. The van der Waals surface area contributed by atoms with Gasteiger partial charge in [0.05, 0.1) is 23.2 Å². The molecular formula is C24H33N5O5. The molecule has 1 unspecified atom stereocenters. The van der Waals surface area contributed by atoms with Crippen molar-refractivity contribution in [2.24, 2.45) is 5.92 Å². The zero-order valence-electron chi connectivity index (χ0n) is 20.3. The number of benzene rings is 1. The molecule has 3 rings (SSSR count). The van der Waals surface area contributed by atoms with Gasteiger partial charge in [-0.3, -0.25) is 4.79 Å². The van der Waals surface area contributed by atoms with Gasteiger partial charge in [-0.25, -0.2) is 14.8 Å². The molecule has 2 heterocycles. The van der Waals surface area contributed by atoms with E-state index in [4.69, 9.17) is 9.72 Å². The second-order valence-electron chi connectivity index (χ2n) is 9.36. The first-order valence-electron chi connectivity index (χ1n) is 11.4. The van der Waals surface area contributed by atoms with Crippen LogP contribution in [0.3, 0.4) is 0 Å². The Kier molecular flexibility index (Phi) is 7.73. The van der Waals surface area contributed by atoms with Gasteiger partial charge in [-0.2, -0.15) is 0 Å². The maximum absolute atomic E-state index is 13.1. The molecule has 0 bridgehead atoms. The molecule has 184 valence electrons. The Morgan fingerprint density at radius 2 is 1.91 bits per heavy atom. The van der Waals surface area contributed by atoms with Gasteiger partial charge in [0.25, 0.3) is 0 Å². The summed E-state index contributed by atoms with van der Waals surface area (Å²) in [6.07, 6.45) is -0.941. The van der Waals surface area contributed by atoms with Crippen molar-refractivity contribution in [3.8, 4) is 0 Å². The first-order chi connectivity index (χ1) is 16.0. The minimum atomic E-state index is -1.27. The fraction of sp³-hybridized carbons (Fsp3) is 0.500. The van der Waals surface area contributed by atoms with Crippen molar-refractivity contribution in [3.63, 3.8) is 0 Å². The fourth-order valence-electron chi connectivity index (χ4n) is 3.89. The predicted molar refractivity (Wildman–Crippen MR) is 130 cm³/mol. The summed E-state index contributed by atoms with van der Waals surface area (Å²) in [6, 6.07) is 6.53. The van der Waals surface area contributed by atoms with Gasteiger partial charge in [0.2, 0.25) is 5.91 Å². The molecule has 0 aliphatic rings. The average Bonchev–Trinajstić information content (AvgIpc) is 3.08. The van der Waals surface area contributed by atoms with E-state index < -0.39 is 23.6 Å². The molecule has 10 heteroatoms. The van der Waals surface area contributed by atoms with Crippen molar-refractivity contribution in [2.75, 3.05) is 11.9 Å². The van der Waals surface area contributed by atoms with Gasteiger partial charge in [0.15, 0.2) is 5.82 Å². The number of fused-ring (bicyclic) bond motifs is 3. The van der Waals surface area contributed by atoms with E-state index in [1.165, 1.54) is 0 Å². The van der Waals surface area contributed by atoms with Gasteiger partial charge in [-0.15, -0.1) is 0 Å². The highest BCUT2D eigenvalue weighted by molar-refractivity contribution is 6.10. The lowest BCUT2D eigenvalue weighted by Gasteiger charge is -2.21. The zero-order chi connectivity index (χ0) is 25.0. The highest BCUT2D eigenvalue weighted by Gasteiger charge is 2.26. The first kappa shape index (κ1) is 25.4. The van der Waals surface area contributed by atoms with Gasteiger partial charge >= 0.3 is 6.09 Å². The van der Waals surface area contributed by atoms with Gasteiger partial charge in [0.1, 0.15) is 24.0 Å². The maximum atomic E-state index is 13.1. The first-order valence-corrected chi connectivity index (χ1v) is 11.4. The number of pyridine rings is 1. The van der Waals surface area contributed by atoms with Crippen molar-refractivity contribution in [1.82, 2.24) is 19.9 Å². The lowest BCUT2D eigenvalue weighted by Crippen LogP contribution is -2.44. The summed E-state index contributed by atoms with van der Waals surface area (Å²) >= 11 is 0. The SMILES string of the molecule is CCOCc1nc2c(NC(=O)C(CC(C)C)NC(=O)O)nc3ccccc3c2n1CC(C)(C)O. The number of para-hydroxylation sites is 1. The van der Waals surface area contributed by atoms with Crippen molar-refractivity contribution < 1.29 is 24.5 Å². The molecule has 34 heavy (non-hydrogen) atoms. The van der Waals surface area contributed by atoms with Crippen LogP contribution in [-0.4, -0.2) is 55.0 Å². The normalized spacial score (nSPS) is 12.9. The third-order valence-corrected chi connectivity index (χ3v) is 5.21. The van der Waals surface area contributed by atoms with Crippen LogP contribution in [-0.2, 0) is 22.7 Å². The van der Waals surface area contributed by atoms with E-state index >= 15 is 0 Å². The Balaban J connectivity index is 2.17. The second-order valence-corrected chi connectivity index (χ2v) is 9.36. The van der Waals surface area contributed by atoms with Crippen LogP contribution in [0.1, 0.15) is 46.9 Å². The van der Waals surface area contributed by atoms with Crippen LogP contribution >= 0.6 is 0 Å². The summed E-state index contributed by atoms with van der Waals surface area (Å²) in [6.45, 7) is 10.1. The van der Waals surface area contributed by atoms with Crippen LogP contribution in [0.2, 0.25) is 0 Å². The Hall–Kier alpha value is -3.24. The molecule has 0 saturated heterocycles. The number of hydrogen-bond donors (Lipinski definition) is 4. The van der Waals surface area contributed by atoms with Crippen LogP contribution in [0.25, 0.3) is 21.9 Å². The third kappa shape index (κ3) is 6.00. The Labute approximate surface area is 198 Å². The van der Waals surface area contributed by atoms with E-state index in [9.17, 15) is 19.8 Å². The van der Waals surface area contributed by atoms with E-state index in [0.717, 1.165) is 5.39 Å². The molecular weight excluding hydrogens is 438 g/mol. The fourth-order valence-corrected chi connectivity index (χ4v) is 3.89. The summed E-state index contributed by atoms with van der Waals surface area (Å²) < 4.78 is 7.51. The van der Waals surface area contributed by atoms with Crippen LogP contribution < -0.4 is 10.6 Å². The molecule has 0 aliphatic heterocycles. The quantitative estimate of drug-likeness (QED) is 0.355. The van der Waals surface area contributed by atoms with Crippen molar-refractivity contribution in [2.45, 2.75) is 65.8 Å². The Morgan fingerprint density at radius 1 is 1.21 bits per heavy atom. The largest absolute Gasteiger partial charge is 0.465 e. The summed E-state index contributed by atoms with van der Waals surface area (Å²) in [5, 5.41) is 25.7. The number of nitrogens with one attached hydrogen (secondary N) is 2. The highest BCUT2D eigenvalue weighted by atomic mass is 16.5. The molecule has 0 fully saturated rings. The van der Waals surface area contributed by atoms with Gasteiger partial charge < -0.3 is 30.2 Å². The molecule has 2 aromatic heterocycles. The van der Waals surface area contributed by atoms with Crippen LogP contribution in [0.5, 0.6) is 0 Å². The summed E-state index contributed by atoms with van der Waals surface area (Å²) in [7, 11) is 0. The van der Waals surface area contributed by atoms with Crippen molar-refractivity contribution >= 4 is 39.8 Å². The van der Waals surface area contributed by atoms with Crippen LogP contribution in [0, 0.1) is 5.92 Å². The number of ether oxygens (including phenoxy) is 1. The van der Waals surface area contributed by atoms with E-state index in [2.05, 4.69) is 15.6 Å². The number of amides is 2. The molecule has 1 atom stereocenters. The number of nitrogens with zero attached hydrogens (tertiary/aromatic N) is 3. The van der Waals surface area contributed by atoms with Crippen molar-refractivity contribution in [3.05, 3.63) is 30.1 Å². The zero-order valence-corrected chi connectivity index (χ0v) is 20.3. The summed E-state index contributed by atoms with van der Waals surface area (Å²) in [5.74, 6) is 0.404. The molecule has 4 N–H and O–H groups in total. The summed E-state index contributed by atoms with van der Waals surface area (Å²) in [5.41, 5.74) is 0.765. The smallest absolute Gasteiger partial charge is 0.405 e. The Morgan fingerprint density at radius 3 is 2.53 bits per heavy atom. The van der Waals surface area contributed by atoms with Crippen LogP contribution in [0.4, 0.5) is 10.6 Å². The minimum Gasteiger partial charge on any atom is -0.465 e. The van der Waals surface area contributed by atoms with Crippen molar-refractivity contribution in [1.29, 1.82) is 0 Å². The predicted octanol–water partition coefficient (Wildman–Crippen LogP) is 3.51. The Bertz CT molecular complexity index is 1180. The summed E-state index contributed by atoms with van der Waals surface area (Å²) in [4.78, 5) is 33.7. The minimum absolute atomic E-state index is 0.0935. The van der Waals surface area contributed by atoms with E-state index in [1.54, 1.807) is 13.8 Å². The van der Waals surface area contributed by atoms with Crippen LogP contribution in [0.15, 0.2) is 24.3 Å². The standard InChI is InChI=1S/C24H33N5O5/c1-6-34-12-18-27-19-20(29(18)13-24(4,5)33)15-9-7-8-10-16(15)25-21(19)28-22(30)17(11-14(2)3)26-23(31)32/h7-10,14,17,26,33H,6,11-13H2,1-5H3,(H,31,32)(H,25,28,30). The van der Waals surface area contributed by atoms with Gasteiger partial charge in [-0.05, 0) is 39.2 Å². The van der Waals surface area contributed by atoms with Gasteiger partial charge in [0, 0.05) is 12.0 Å². The number of hydrogen-bond acceptors (Lipinski definition) is 6. The number of aromatic nitrogens is 3. The lowest BCUT2D eigenvalue weighted by molar-refractivity contribution is -0.118. The number of carbonyl (C=O) groups excluding carboxylic acids is 1. The average molecular weight is 472 g/mol. The topological polar surface area (TPSA) is 139 Å². The van der Waals surface area contributed by atoms with Gasteiger partial charge in [-0.1, -0.05) is 32.0 Å². The molecule has 10 nitrogen and oxygen atoms in total. The lowest BCUT2D eigenvalue weighted by atomic mass is 10.0. The molecule has 0 spiro atoms. The number of imidazole rings is 1. The highest BCUT2D eigenvalue weighted by Crippen LogP contribution is 2.31. The number of aliphatic hydroxyl groups is 1. The molecule has 1 aromatic carbocycles. The van der Waals surface area contributed by atoms with E-state index in [-0.39, 0.29) is 24.9 Å². The monoisotopic (exact) mass is 471 g/mol. The number of carbonyl (C=O) groups is 2. The number of rotatable bonds is 10. The van der Waals surface area contributed by atoms with E-state index in [1.807, 2.05) is 49.6 Å². The molecule has 0 aliphatic carbocycles. The molecule has 2 amide bonds. The van der Waals surface area contributed by atoms with E-state index in [0.29, 0.717) is 35.4 Å². The maximum Gasteiger partial charge on any atom is 0.405 e. The molecule has 3 aromatic rings. The molecule has 0 radical (unpaired) electrons. The second kappa shape index (κ2) is 10.4.